The molecule has 12 rings (SSSR count). The van der Waals surface area contributed by atoms with Crippen molar-refractivity contribution in [2.24, 2.45) is 0 Å². The van der Waals surface area contributed by atoms with Crippen LogP contribution in [-0.2, 0) is 0 Å². The number of para-hydroxylation sites is 4. The van der Waals surface area contributed by atoms with Crippen LogP contribution in [-0.4, -0.2) is 9.13 Å². The molecule has 0 radical (unpaired) electrons. The van der Waals surface area contributed by atoms with Crippen LogP contribution in [0.5, 0.6) is 0 Å². The minimum Gasteiger partial charge on any atom is -0.454 e. The Bertz CT molecular complexity index is 3480. The third kappa shape index (κ3) is 4.44. The summed E-state index contributed by atoms with van der Waals surface area (Å²) in [5, 5.41) is 9.71. The number of hydrogen-bond donors (Lipinski definition) is 0. The van der Waals surface area contributed by atoms with Gasteiger partial charge in [-0.2, -0.15) is 0 Å². The number of hydrogen-bond acceptors (Lipinski definition) is 1. The fourth-order valence-electron chi connectivity index (χ4n) is 9.02. The van der Waals surface area contributed by atoms with Gasteiger partial charge < -0.3 is 13.6 Å². The third-order valence-electron chi connectivity index (χ3n) is 11.5. The van der Waals surface area contributed by atoms with Crippen molar-refractivity contribution in [2.75, 3.05) is 0 Å². The first-order chi connectivity index (χ1) is 27.3. The minimum atomic E-state index is 0.902. The van der Waals surface area contributed by atoms with Gasteiger partial charge in [0.15, 0.2) is 5.58 Å². The van der Waals surface area contributed by atoms with Crippen LogP contribution < -0.4 is 0 Å². The summed E-state index contributed by atoms with van der Waals surface area (Å²) in [6.07, 6.45) is 0. The zero-order valence-corrected chi connectivity index (χ0v) is 29.8. The Morgan fingerprint density at radius 2 is 0.909 bits per heavy atom. The van der Waals surface area contributed by atoms with E-state index in [1.54, 1.807) is 0 Å². The van der Waals surface area contributed by atoms with Gasteiger partial charge in [-0.05, 0) is 87.6 Å². The van der Waals surface area contributed by atoms with E-state index in [-0.39, 0.29) is 0 Å². The lowest BCUT2D eigenvalue weighted by Crippen LogP contribution is -1.94. The Morgan fingerprint density at radius 1 is 0.327 bits per heavy atom. The van der Waals surface area contributed by atoms with Crippen LogP contribution in [0.3, 0.4) is 0 Å². The van der Waals surface area contributed by atoms with Crippen molar-refractivity contribution in [3.8, 4) is 33.6 Å². The topological polar surface area (TPSA) is 23.0 Å². The number of benzene rings is 9. The normalized spacial score (nSPS) is 12.0. The lowest BCUT2D eigenvalue weighted by Gasteiger charge is -2.12. The average Bonchev–Trinajstić information content (AvgIpc) is 3.91. The largest absolute Gasteiger partial charge is 0.454 e. The summed E-state index contributed by atoms with van der Waals surface area (Å²) >= 11 is 0. The van der Waals surface area contributed by atoms with E-state index >= 15 is 0 Å². The van der Waals surface area contributed by atoms with Crippen LogP contribution >= 0.6 is 0 Å². The summed E-state index contributed by atoms with van der Waals surface area (Å²) in [6.45, 7) is 0. The third-order valence-corrected chi connectivity index (χ3v) is 11.5. The predicted octanol–water partition coefficient (Wildman–Crippen LogP) is 14.3. The first kappa shape index (κ1) is 30.1. The van der Waals surface area contributed by atoms with Crippen molar-refractivity contribution in [1.82, 2.24) is 9.13 Å². The molecule has 0 spiro atoms. The predicted molar refractivity (Wildman–Crippen MR) is 231 cm³/mol. The number of aromatic nitrogens is 2. The van der Waals surface area contributed by atoms with Crippen LogP contribution in [0.4, 0.5) is 0 Å². The first-order valence-corrected chi connectivity index (χ1v) is 18.8. The molecule has 0 amide bonds. The molecule has 0 aliphatic rings. The molecule has 3 aromatic heterocycles. The van der Waals surface area contributed by atoms with E-state index < -0.39 is 0 Å². The minimum absolute atomic E-state index is 0.902. The van der Waals surface area contributed by atoms with Gasteiger partial charge in [-0.15, -0.1) is 0 Å². The Labute approximate surface area is 316 Å². The van der Waals surface area contributed by atoms with E-state index in [9.17, 15) is 0 Å². The van der Waals surface area contributed by atoms with E-state index in [1.165, 1.54) is 65.6 Å². The lowest BCUT2D eigenvalue weighted by molar-refractivity contribution is 0.666. The molecule has 256 valence electrons. The highest BCUT2D eigenvalue weighted by Gasteiger charge is 2.19. The molecule has 3 nitrogen and oxygen atoms in total. The molecule has 3 heteroatoms. The number of nitrogens with zero attached hydrogens (tertiary/aromatic N) is 2. The maximum Gasteiger partial charge on any atom is 0.159 e. The molecule has 55 heavy (non-hydrogen) atoms. The van der Waals surface area contributed by atoms with Gasteiger partial charge in [0.25, 0.3) is 0 Å². The summed E-state index contributed by atoms with van der Waals surface area (Å²) < 4.78 is 11.3. The maximum atomic E-state index is 6.53. The van der Waals surface area contributed by atoms with Crippen LogP contribution in [0, 0.1) is 0 Å². The van der Waals surface area contributed by atoms with Gasteiger partial charge in [0.1, 0.15) is 5.58 Å². The van der Waals surface area contributed by atoms with Crippen molar-refractivity contribution in [3.05, 3.63) is 194 Å². The molecule has 0 atom stereocenters. The molecule has 0 bridgehead atoms. The summed E-state index contributed by atoms with van der Waals surface area (Å²) in [4.78, 5) is 0. The molecule has 3 heterocycles. The molecule has 0 saturated heterocycles. The van der Waals surface area contributed by atoms with Gasteiger partial charge in [-0.25, -0.2) is 0 Å². The highest BCUT2D eigenvalue weighted by atomic mass is 16.3. The standard InChI is InChI=1S/C52H32N2O/c1-2-13-38-33(11-1)12-9-17-39(38)34-23-27-37(28-24-34)53-46-19-6-3-14-40(46)42-29-25-36(32-50(42)53)35-26-30-48-45(31-35)41-15-4-7-20-47(41)54(48)49-21-10-18-44-43-16-5-8-22-51(43)55-52(44)49/h1-32H. The zero-order chi connectivity index (χ0) is 36.0. The second kappa shape index (κ2) is 11.6. The van der Waals surface area contributed by atoms with Crippen LogP contribution in [0.15, 0.2) is 199 Å². The van der Waals surface area contributed by atoms with E-state index in [4.69, 9.17) is 4.42 Å². The van der Waals surface area contributed by atoms with Crippen molar-refractivity contribution in [2.45, 2.75) is 0 Å². The quantitative estimate of drug-likeness (QED) is 0.179. The van der Waals surface area contributed by atoms with Gasteiger partial charge in [0.2, 0.25) is 0 Å². The van der Waals surface area contributed by atoms with Crippen LogP contribution in [0.2, 0.25) is 0 Å². The summed E-state index contributed by atoms with van der Waals surface area (Å²) in [5.41, 5.74) is 13.5. The van der Waals surface area contributed by atoms with Crippen molar-refractivity contribution in [1.29, 1.82) is 0 Å². The van der Waals surface area contributed by atoms with E-state index in [0.29, 0.717) is 0 Å². The van der Waals surface area contributed by atoms with Gasteiger partial charge in [-0.3, -0.25) is 0 Å². The van der Waals surface area contributed by atoms with Crippen LogP contribution in [0.25, 0.3) is 110 Å². The molecule has 0 unspecified atom stereocenters. The summed E-state index contributed by atoms with van der Waals surface area (Å²) in [7, 11) is 0. The molecule has 9 aromatic carbocycles. The van der Waals surface area contributed by atoms with Crippen molar-refractivity contribution >= 4 is 76.3 Å². The molecular formula is C52H32N2O. The van der Waals surface area contributed by atoms with E-state index in [2.05, 4.69) is 197 Å². The van der Waals surface area contributed by atoms with Crippen molar-refractivity contribution < 1.29 is 4.42 Å². The summed E-state index contributed by atoms with van der Waals surface area (Å²) in [5.74, 6) is 0. The smallest absolute Gasteiger partial charge is 0.159 e. The maximum absolute atomic E-state index is 6.53. The monoisotopic (exact) mass is 700 g/mol. The zero-order valence-electron chi connectivity index (χ0n) is 29.8. The number of furan rings is 1. The van der Waals surface area contributed by atoms with E-state index in [1.807, 2.05) is 6.07 Å². The molecule has 0 saturated carbocycles. The second-order valence-electron chi connectivity index (χ2n) is 14.5. The highest BCUT2D eigenvalue weighted by molar-refractivity contribution is 6.14. The highest BCUT2D eigenvalue weighted by Crippen LogP contribution is 2.41. The Morgan fingerprint density at radius 3 is 1.76 bits per heavy atom. The fraction of sp³-hybridized carbons (Fsp3) is 0. The number of fused-ring (bicyclic) bond motifs is 10. The Kier molecular flexibility index (Phi) is 6.34. The Balaban J connectivity index is 1.02. The molecule has 0 aliphatic heterocycles. The number of rotatable bonds is 4. The van der Waals surface area contributed by atoms with Gasteiger partial charge in [0, 0.05) is 38.0 Å². The fourth-order valence-corrected chi connectivity index (χ4v) is 9.02. The van der Waals surface area contributed by atoms with Gasteiger partial charge in [0.05, 0.1) is 27.8 Å². The van der Waals surface area contributed by atoms with E-state index in [0.717, 1.165) is 44.3 Å². The molecule has 12 aromatic rings. The molecule has 0 fully saturated rings. The molecular weight excluding hydrogens is 669 g/mol. The van der Waals surface area contributed by atoms with Gasteiger partial charge in [-0.1, -0.05) is 140 Å². The Hall–Kier alpha value is -7.36. The molecule has 0 N–H and O–H groups in total. The van der Waals surface area contributed by atoms with Crippen LogP contribution in [0.1, 0.15) is 0 Å². The SMILES string of the molecule is c1ccc2c(-c3ccc(-n4c5ccccc5c5ccc(-c6ccc7c(c6)c6ccccc6n7-c6cccc7c6oc6ccccc67)cc54)cc3)cccc2c1. The first-order valence-electron chi connectivity index (χ1n) is 18.8. The summed E-state index contributed by atoms with van der Waals surface area (Å²) in [6, 6.07) is 70.3. The van der Waals surface area contributed by atoms with Gasteiger partial charge >= 0.3 is 0 Å². The average molecular weight is 701 g/mol. The second-order valence-corrected chi connectivity index (χ2v) is 14.5. The molecule has 0 aliphatic carbocycles. The van der Waals surface area contributed by atoms with Crippen molar-refractivity contribution in [3.63, 3.8) is 0 Å². The lowest BCUT2D eigenvalue weighted by atomic mass is 9.98.